The first-order valence-corrected chi connectivity index (χ1v) is 23.5. The van der Waals surface area contributed by atoms with Crippen LogP contribution in [0.5, 0.6) is 0 Å². The van der Waals surface area contributed by atoms with Crippen LogP contribution in [0.1, 0.15) is 133 Å². The summed E-state index contributed by atoms with van der Waals surface area (Å²) in [6, 6.07) is -0.403. The van der Waals surface area contributed by atoms with Crippen LogP contribution in [-0.2, 0) is 33.3 Å². The monoisotopic (exact) mass is 839 g/mol. The number of carboxylic acids is 1. The normalized spacial score (nSPS) is 43.6. The van der Waals surface area contributed by atoms with Crippen LogP contribution in [0.25, 0.3) is 0 Å². The summed E-state index contributed by atoms with van der Waals surface area (Å²) in [5.41, 5.74) is -1.57. The first-order valence-electron chi connectivity index (χ1n) is 21.8. The number of ketones is 1. The molecule has 57 heavy (non-hydrogen) atoms. The zero-order valence-electron chi connectivity index (χ0n) is 36.3. The Kier molecular flexibility index (Phi) is 15.2. The van der Waals surface area contributed by atoms with Crippen LogP contribution in [0, 0.1) is 41.4 Å². The fraction of sp³-hybridized carbons (Fsp3) is 0.886. The molecule has 0 bridgehead atoms. The number of carbonyl (C=O) groups excluding carboxylic acids is 1. The molecule has 5 rings (SSSR count). The molecule has 0 saturated carbocycles. The van der Waals surface area contributed by atoms with E-state index in [0.29, 0.717) is 55.7 Å². The molecule has 0 radical (unpaired) electrons. The lowest BCUT2D eigenvalue weighted by atomic mass is 9.72. The lowest BCUT2D eigenvalue weighted by molar-refractivity contribution is -0.397. The van der Waals surface area contributed by atoms with Gasteiger partial charge >= 0.3 is 5.97 Å². The average Bonchev–Trinajstić information content (AvgIpc) is 3.52. The summed E-state index contributed by atoms with van der Waals surface area (Å²) in [5, 5.41) is 36.3. The molecule has 0 aromatic heterocycles. The Bertz CT molecular complexity index is 1470. The number of hydrogen-bond donors (Lipinski definition) is 4. The maximum absolute atomic E-state index is 14.6. The highest BCUT2D eigenvalue weighted by Gasteiger charge is 2.63. The molecule has 0 amide bonds. The van der Waals surface area contributed by atoms with Gasteiger partial charge in [-0.05, 0) is 95.8 Å². The molecular formula is C44H73NO10S2. The van der Waals surface area contributed by atoms with Gasteiger partial charge < -0.3 is 44.3 Å². The minimum absolute atomic E-state index is 0.0304. The number of aliphatic carboxylic acids is 1. The van der Waals surface area contributed by atoms with Gasteiger partial charge in [-0.3, -0.25) is 9.59 Å². The summed E-state index contributed by atoms with van der Waals surface area (Å²) < 4.78 is 35.2. The Morgan fingerprint density at radius 2 is 1.63 bits per heavy atom. The van der Waals surface area contributed by atoms with Gasteiger partial charge in [0.2, 0.25) is 0 Å². The van der Waals surface area contributed by atoms with Crippen molar-refractivity contribution in [2.45, 2.75) is 199 Å². The van der Waals surface area contributed by atoms with Crippen LogP contribution in [0.15, 0.2) is 12.2 Å². The number of aliphatic hydroxyl groups excluding tert-OH is 1. The minimum atomic E-state index is -1.19. The Hall–Kier alpha value is -1.16. The maximum Gasteiger partial charge on any atom is 0.309 e. The Morgan fingerprint density at radius 3 is 2.23 bits per heavy atom. The van der Waals surface area contributed by atoms with Crippen LogP contribution in [0.2, 0.25) is 0 Å². The number of thiocarbonyl (C=S) groups is 1. The van der Waals surface area contributed by atoms with Gasteiger partial charge in [0.1, 0.15) is 16.1 Å². The van der Waals surface area contributed by atoms with Crippen molar-refractivity contribution in [3.8, 4) is 0 Å². The van der Waals surface area contributed by atoms with Crippen LogP contribution in [0.4, 0.5) is 0 Å². The lowest BCUT2D eigenvalue weighted by Gasteiger charge is -2.55. The van der Waals surface area contributed by atoms with E-state index in [9.17, 15) is 24.9 Å². The number of nitrogens with one attached hydrogen (secondary N) is 1. The standard InChI is InChI=1S/C44H73NO10S2/c1-12-30(39(48)49)32-16-15-24(4)37(52-32)28(8)35(46)27(7)36(47)31(13-2)38-25(5)23-26(6)43(53-38)20-17-33(45-40(56)57-11)44(55-43)22-21-41(10,54-44)34-18-19-42(50,14-3)29(9)51-34/h17,20,24-35,37-38,46,50H,12-16,18-19,21-23H2,1-11H3,(H,45,56)(H,48,49)/t24-,25-,26+,27-,28-,29-,30+,31-,32+,33+,34+,35+,37+,38-,41-,42+,43-,44-/m0/s1. The zero-order valence-corrected chi connectivity index (χ0v) is 38.0. The highest BCUT2D eigenvalue weighted by molar-refractivity contribution is 8.22. The average molecular weight is 840 g/mol. The van der Waals surface area contributed by atoms with Crippen molar-refractivity contribution in [3.63, 3.8) is 0 Å². The first kappa shape index (κ1) is 46.9. The number of Topliss-reactive ketones (excluding diaryl/α,β-unsaturated/α-hetero) is 1. The first-order chi connectivity index (χ1) is 26.7. The number of carboxylic acid groups (broad SMARTS) is 1. The summed E-state index contributed by atoms with van der Waals surface area (Å²) >= 11 is 7.10. The second-order valence-electron chi connectivity index (χ2n) is 18.6. The molecule has 5 aliphatic heterocycles. The number of rotatable bonds is 13. The van der Waals surface area contributed by atoms with Gasteiger partial charge in [-0.1, -0.05) is 73.7 Å². The quantitative estimate of drug-likeness (QED) is 0.108. The van der Waals surface area contributed by atoms with E-state index in [1.165, 1.54) is 11.8 Å². The Balaban J connectivity index is 1.37. The summed E-state index contributed by atoms with van der Waals surface area (Å²) in [6.45, 7) is 19.9. The third kappa shape index (κ3) is 9.22. The van der Waals surface area contributed by atoms with Gasteiger partial charge in [0.15, 0.2) is 11.6 Å². The van der Waals surface area contributed by atoms with Crippen molar-refractivity contribution in [2.24, 2.45) is 41.4 Å². The van der Waals surface area contributed by atoms with Gasteiger partial charge in [0.05, 0.1) is 53.7 Å². The molecule has 0 aliphatic carbocycles. The predicted octanol–water partition coefficient (Wildman–Crippen LogP) is 7.43. The number of thioether (sulfide) groups is 1. The molecule has 5 aliphatic rings. The second kappa shape index (κ2) is 18.4. The van der Waals surface area contributed by atoms with Crippen molar-refractivity contribution >= 4 is 40.1 Å². The molecule has 11 nitrogen and oxygen atoms in total. The van der Waals surface area contributed by atoms with Crippen molar-refractivity contribution in [1.82, 2.24) is 5.32 Å². The minimum Gasteiger partial charge on any atom is -0.481 e. The molecule has 5 heterocycles. The maximum atomic E-state index is 14.6. The number of hydrogen-bond acceptors (Lipinski definition) is 11. The molecule has 0 aromatic rings. The fourth-order valence-corrected chi connectivity index (χ4v) is 11.2. The third-order valence-electron chi connectivity index (χ3n) is 14.9. The van der Waals surface area contributed by atoms with Gasteiger partial charge in [0.25, 0.3) is 0 Å². The summed E-state index contributed by atoms with van der Waals surface area (Å²) in [6.07, 6.45) is 9.45. The molecule has 326 valence electrons. The van der Waals surface area contributed by atoms with E-state index in [1.807, 2.05) is 47.0 Å². The molecular weight excluding hydrogens is 767 g/mol. The fourth-order valence-electron chi connectivity index (χ4n) is 10.9. The van der Waals surface area contributed by atoms with Crippen molar-refractivity contribution in [1.29, 1.82) is 0 Å². The zero-order chi connectivity index (χ0) is 42.2. The Labute approximate surface area is 351 Å². The van der Waals surface area contributed by atoms with E-state index in [-0.39, 0.29) is 47.8 Å². The van der Waals surface area contributed by atoms with E-state index in [2.05, 4.69) is 39.1 Å². The number of ether oxygens (including phenoxy) is 5. The van der Waals surface area contributed by atoms with Gasteiger partial charge in [-0.25, -0.2) is 0 Å². The topological polar surface area (TPSA) is 153 Å². The van der Waals surface area contributed by atoms with E-state index in [1.54, 1.807) is 6.92 Å². The van der Waals surface area contributed by atoms with Crippen LogP contribution < -0.4 is 5.32 Å². The third-order valence-corrected chi connectivity index (χ3v) is 16.0. The highest BCUT2D eigenvalue weighted by atomic mass is 32.2. The highest BCUT2D eigenvalue weighted by Crippen LogP contribution is 2.54. The molecule has 0 aromatic carbocycles. The van der Waals surface area contributed by atoms with E-state index in [0.717, 1.165) is 12.8 Å². The molecule has 4 fully saturated rings. The van der Waals surface area contributed by atoms with Crippen molar-refractivity contribution in [2.75, 3.05) is 6.26 Å². The molecule has 4 N–H and O–H groups in total. The van der Waals surface area contributed by atoms with Gasteiger partial charge in [0, 0.05) is 30.1 Å². The van der Waals surface area contributed by atoms with E-state index >= 15 is 0 Å². The van der Waals surface area contributed by atoms with Gasteiger partial charge in [-0.15, -0.1) is 11.8 Å². The Morgan fingerprint density at radius 1 is 0.947 bits per heavy atom. The molecule has 18 atom stereocenters. The summed E-state index contributed by atoms with van der Waals surface area (Å²) in [4.78, 5) is 26.6. The van der Waals surface area contributed by atoms with Crippen LogP contribution in [-0.4, -0.2) is 103 Å². The molecule has 0 unspecified atom stereocenters. The number of carbonyl (C=O) groups is 2. The molecule has 13 heteroatoms. The van der Waals surface area contributed by atoms with Crippen molar-refractivity contribution < 1.29 is 48.6 Å². The van der Waals surface area contributed by atoms with Crippen LogP contribution in [0.3, 0.4) is 0 Å². The lowest BCUT2D eigenvalue weighted by Crippen LogP contribution is -2.65. The second-order valence-corrected chi connectivity index (χ2v) is 20.1. The van der Waals surface area contributed by atoms with E-state index in [4.69, 9.17) is 35.9 Å². The van der Waals surface area contributed by atoms with E-state index < -0.39 is 70.9 Å². The predicted molar refractivity (Wildman–Crippen MR) is 226 cm³/mol. The largest absolute Gasteiger partial charge is 0.481 e. The smallest absolute Gasteiger partial charge is 0.309 e. The van der Waals surface area contributed by atoms with Crippen molar-refractivity contribution in [3.05, 3.63) is 12.2 Å². The van der Waals surface area contributed by atoms with Crippen LogP contribution >= 0.6 is 24.0 Å². The summed E-state index contributed by atoms with van der Waals surface area (Å²) in [5.74, 6) is -5.39. The summed E-state index contributed by atoms with van der Waals surface area (Å²) in [7, 11) is 0. The SMILES string of the molecule is CC[C@@H](C(=O)[C@@H](C)[C@@H](O)[C@H](C)[C@@H]1O[C@@H]([C@@H](CC)C(=O)O)CC[C@@H]1C)[C@H]1O[C@]2(C=C[C@@H](NC(=S)SC)[C@]3(CC[C@@](C)([C@H]4CC[C@](O)(CC)[C@H](C)O4)O3)O2)[C@H](C)C[C@@H]1C. The molecule has 2 spiro atoms. The molecule has 4 saturated heterocycles. The van der Waals surface area contributed by atoms with Gasteiger partial charge in [-0.2, -0.15) is 0 Å². The number of aliphatic hydroxyl groups is 2.